The van der Waals surface area contributed by atoms with Gasteiger partial charge in [0.1, 0.15) is 0 Å². The molecule has 0 fully saturated rings. The van der Waals surface area contributed by atoms with Crippen molar-refractivity contribution in [3.63, 3.8) is 0 Å². The van der Waals surface area contributed by atoms with Gasteiger partial charge in [-0.25, -0.2) is 4.98 Å². The van der Waals surface area contributed by atoms with E-state index in [-0.39, 0.29) is 12.7 Å². The van der Waals surface area contributed by atoms with Crippen LogP contribution >= 0.6 is 11.6 Å². The van der Waals surface area contributed by atoms with E-state index in [0.29, 0.717) is 34.3 Å². The maximum absolute atomic E-state index is 12.5. The van der Waals surface area contributed by atoms with Gasteiger partial charge in [-0.1, -0.05) is 29.8 Å². The number of rotatable bonds is 4. The molecule has 0 bridgehead atoms. The molecule has 1 aliphatic rings. The summed E-state index contributed by atoms with van der Waals surface area (Å²) >= 11 is 6.37. The lowest BCUT2D eigenvalue weighted by molar-refractivity contribution is 0.0950. The standard InChI is InChI=1S/C22H16ClN3O3/c23-16-7-4-10-26-17(12-24-22(27)14-5-2-1-3-6-14)20(25-21(16)26)15-8-9-18-19(11-15)29-13-28-18/h1-11H,12-13H2,(H,24,27). The number of hydrogen-bond acceptors (Lipinski definition) is 4. The van der Waals surface area contributed by atoms with E-state index in [4.69, 9.17) is 26.1 Å². The Kier molecular flexibility index (Phi) is 4.33. The molecule has 0 unspecified atom stereocenters. The molecular weight excluding hydrogens is 390 g/mol. The van der Waals surface area contributed by atoms with Crippen LogP contribution in [0.2, 0.25) is 5.02 Å². The Bertz CT molecular complexity index is 1220. The van der Waals surface area contributed by atoms with E-state index < -0.39 is 0 Å². The highest BCUT2D eigenvalue weighted by atomic mass is 35.5. The van der Waals surface area contributed by atoms with Gasteiger partial charge in [0.25, 0.3) is 5.91 Å². The summed E-state index contributed by atoms with van der Waals surface area (Å²) in [6.07, 6.45) is 1.88. The second-order valence-corrected chi connectivity index (χ2v) is 6.98. The number of aromatic nitrogens is 2. The lowest BCUT2D eigenvalue weighted by Crippen LogP contribution is -2.23. The molecule has 2 aromatic heterocycles. The summed E-state index contributed by atoms with van der Waals surface area (Å²) in [7, 11) is 0. The zero-order valence-electron chi connectivity index (χ0n) is 15.3. The van der Waals surface area contributed by atoms with Crippen LogP contribution in [-0.2, 0) is 6.54 Å². The Balaban J connectivity index is 1.55. The van der Waals surface area contributed by atoms with E-state index in [0.717, 1.165) is 17.0 Å². The van der Waals surface area contributed by atoms with Crippen molar-refractivity contribution in [2.24, 2.45) is 0 Å². The Morgan fingerprint density at radius 3 is 2.76 bits per heavy atom. The normalized spacial score (nSPS) is 12.3. The number of nitrogens with zero attached hydrogens (tertiary/aromatic N) is 2. The zero-order chi connectivity index (χ0) is 19.8. The van der Waals surface area contributed by atoms with E-state index in [1.807, 2.05) is 53.1 Å². The van der Waals surface area contributed by atoms with Crippen molar-refractivity contribution in [3.05, 3.63) is 83.1 Å². The first kappa shape index (κ1) is 17.6. The smallest absolute Gasteiger partial charge is 0.251 e. The molecule has 2 aromatic carbocycles. The van der Waals surface area contributed by atoms with Crippen molar-refractivity contribution in [2.45, 2.75) is 6.54 Å². The number of halogens is 1. The van der Waals surface area contributed by atoms with E-state index in [1.54, 1.807) is 18.2 Å². The molecule has 144 valence electrons. The van der Waals surface area contributed by atoms with Gasteiger partial charge in [-0.15, -0.1) is 0 Å². The van der Waals surface area contributed by atoms with Gasteiger partial charge in [-0.3, -0.25) is 4.79 Å². The van der Waals surface area contributed by atoms with Crippen LogP contribution in [-0.4, -0.2) is 22.1 Å². The second-order valence-electron chi connectivity index (χ2n) is 6.57. The molecule has 1 N–H and O–H groups in total. The molecule has 5 rings (SSSR count). The Morgan fingerprint density at radius 2 is 1.90 bits per heavy atom. The number of nitrogens with one attached hydrogen (secondary N) is 1. The first-order chi connectivity index (χ1) is 14.2. The molecule has 0 radical (unpaired) electrons. The lowest BCUT2D eigenvalue weighted by atomic mass is 10.1. The average molecular weight is 406 g/mol. The maximum atomic E-state index is 12.5. The number of amides is 1. The molecule has 7 heteroatoms. The van der Waals surface area contributed by atoms with Crippen LogP contribution in [0.4, 0.5) is 0 Å². The zero-order valence-corrected chi connectivity index (χ0v) is 16.0. The van der Waals surface area contributed by atoms with Crippen LogP contribution in [0.15, 0.2) is 66.9 Å². The molecule has 3 heterocycles. The predicted octanol–water partition coefficient (Wildman–Crippen LogP) is 4.31. The fourth-order valence-electron chi connectivity index (χ4n) is 3.38. The molecule has 0 saturated carbocycles. The highest BCUT2D eigenvalue weighted by Gasteiger charge is 2.20. The summed E-state index contributed by atoms with van der Waals surface area (Å²) < 4.78 is 12.8. The Hall–Kier alpha value is -3.51. The van der Waals surface area contributed by atoms with Crippen molar-refractivity contribution in [1.29, 1.82) is 0 Å². The quantitative estimate of drug-likeness (QED) is 0.549. The molecule has 1 amide bonds. The number of benzene rings is 2. The number of fused-ring (bicyclic) bond motifs is 2. The molecule has 0 spiro atoms. The van der Waals surface area contributed by atoms with Crippen LogP contribution in [0.1, 0.15) is 16.1 Å². The molecule has 4 aromatic rings. The number of ether oxygens (including phenoxy) is 2. The third-order valence-corrected chi connectivity index (χ3v) is 5.09. The third-order valence-electron chi connectivity index (χ3n) is 4.80. The maximum Gasteiger partial charge on any atom is 0.251 e. The fraction of sp³-hybridized carbons (Fsp3) is 0.0909. The number of carbonyl (C=O) groups is 1. The van der Waals surface area contributed by atoms with E-state index in [9.17, 15) is 4.79 Å². The summed E-state index contributed by atoms with van der Waals surface area (Å²) in [5, 5.41) is 3.51. The van der Waals surface area contributed by atoms with Gasteiger partial charge in [0.15, 0.2) is 17.1 Å². The van der Waals surface area contributed by atoms with Gasteiger partial charge in [0.2, 0.25) is 6.79 Å². The van der Waals surface area contributed by atoms with Crippen LogP contribution in [0.3, 0.4) is 0 Å². The van der Waals surface area contributed by atoms with Gasteiger partial charge >= 0.3 is 0 Å². The summed E-state index contributed by atoms with van der Waals surface area (Å²) in [5.41, 5.74) is 3.64. The monoisotopic (exact) mass is 405 g/mol. The van der Waals surface area contributed by atoms with Gasteiger partial charge in [-0.05, 0) is 42.5 Å². The highest BCUT2D eigenvalue weighted by Crippen LogP contribution is 2.37. The van der Waals surface area contributed by atoms with Crippen LogP contribution < -0.4 is 14.8 Å². The van der Waals surface area contributed by atoms with Gasteiger partial charge in [-0.2, -0.15) is 0 Å². The minimum atomic E-state index is -0.154. The summed E-state index contributed by atoms with van der Waals surface area (Å²) in [6, 6.07) is 18.4. The first-order valence-corrected chi connectivity index (χ1v) is 9.47. The predicted molar refractivity (Wildman–Crippen MR) is 109 cm³/mol. The van der Waals surface area contributed by atoms with Crippen molar-refractivity contribution < 1.29 is 14.3 Å². The Labute approximate surface area is 171 Å². The molecule has 1 aliphatic heterocycles. The molecule has 0 aliphatic carbocycles. The number of hydrogen-bond donors (Lipinski definition) is 1. The van der Waals surface area contributed by atoms with E-state index >= 15 is 0 Å². The summed E-state index contributed by atoms with van der Waals surface area (Å²) in [4.78, 5) is 17.3. The van der Waals surface area contributed by atoms with Crippen molar-refractivity contribution >= 4 is 23.2 Å². The van der Waals surface area contributed by atoms with E-state index in [1.165, 1.54) is 0 Å². The molecular formula is C22H16ClN3O3. The summed E-state index contributed by atoms with van der Waals surface area (Å²) in [6.45, 7) is 0.495. The SMILES string of the molecule is O=C(NCc1c(-c2ccc3c(c2)OCO3)nc2c(Cl)cccn12)c1ccccc1. The summed E-state index contributed by atoms with van der Waals surface area (Å²) in [5.74, 6) is 1.22. The van der Waals surface area contributed by atoms with Crippen molar-refractivity contribution in [1.82, 2.24) is 14.7 Å². The molecule has 0 atom stereocenters. The van der Waals surface area contributed by atoms with Crippen LogP contribution in [0.25, 0.3) is 16.9 Å². The molecule has 0 saturated heterocycles. The minimum Gasteiger partial charge on any atom is -0.454 e. The van der Waals surface area contributed by atoms with Crippen LogP contribution in [0.5, 0.6) is 11.5 Å². The molecule has 6 nitrogen and oxygen atoms in total. The second kappa shape index (κ2) is 7.14. The van der Waals surface area contributed by atoms with Gasteiger partial charge in [0, 0.05) is 17.3 Å². The topological polar surface area (TPSA) is 64.9 Å². The average Bonchev–Trinajstić information content (AvgIpc) is 3.37. The molecule has 29 heavy (non-hydrogen) atoms. The Morgan fingerprint density at radius 1 is 1.07 bits per heavy atom. The fourth-order valence-corrected chi connectivity index (χ4v) is 3.59. The van der Waals surface area contributed by atoms with Gasteiger partial charge in [0.05, 0.1) is 23.0 Å². The largest absolute Gasteiger partial charge is 0.454 e. The van der Waals surface area contributed by atoms with Crippen molar-refractivity contribution in [2.75, 3.05) is 6.79 Å². The number of imidazole rings is 1. The minimum absolute atomic E-state index is 0.154. The highest BCUT2D eigenvalue weighted by molar-refractivity contribution is 6.33. The third kappa shape index (κ3) is 3.17. The van der Waals surface area contributed by atoms with E-state index in [2.05, 4.69) is 5.32 Å². The number of carbonyl (C=O) groups excluding carboxylic acids is 1. The first-order valence-electron chi connectivity index (χ1n) is 9.09. The van der Waals surface area contributed by atoms with Crippen molar-refractivity contribution in [3.8, 4) is 22.8 Å². The van der Waals surface area contributed by atoms with Gasteiger partial charge < -0.3 is 19.2 Å². The van der Waals surface area contributed by atoms with Crippen LogP contribution in [0, 0.1) is 0 Å². The lowest BCUT2D eigenvalue weighted by Gasteiger charge is -2.08. The number of pyridine rings is 1.